The van der Waals surface area contributed by atoms with E-state index >= 15 is 0 Å². The van der Waals surface area contributed by atoms with Crippen molar-refractivity contribution in [3.8, 4) is 0 Å². The van der Waals surface area contributed by atoms with Gasteiger partial charge in [-0.3, -0.25) is 4.90 Å². The van der Waals surface area contributed by atoms with Crippen LogP contribution in [0.25, 0.3) is 0 Å². The predicted octanol–water partition coefficient (Wildman–Crippen LogP) is 3.61. The van der Waals surface area contributed by atoms with Gasteiger partial charge in [-0.2, -0.15) is 0 Å². The lowest BCUT2D eigenvalue weighted by atomic mass is 9.91. The van der Waals surface area contributed by atoms with Crippen LogP contribution in [-0.2, 0) is 10.3 Å². The second kappa shape index (κ2) is 6.48. The SMILES string of the molecule is CC(C)(C)OC(=O)N1CCN(C(C)(C)c2ccccc2F)CC1. The van der Waals surface area contributed by atoms with Crippen LogP contribution >= 0.6 is 0 Å². The Labute approximate surface area is 138 Å². The van der Waals surface area contributed by atoms with Gasteiger partial charge in [0.25, 0.3) is 0 Å². The minimum atomic E-state index is -0.485. The van der Waals surface area contributed by atoms with E-state index in [1.165, 1.54) is 6.07 Å². The molecule has 1 fully saturated rings. The number of hydrogen-bond donors (Lipinski definition) is 0. The summed E-state index contributed by atoms with van der Waals surface area (Å²) in [6.45, 7) is 12.2. The van der Waals surface area contributed by atoms with Crippen LogP contribution in [0, 0.1) is 5.82 Å². The van der Waals surface area contributed by atoms with Crippen LogP contribution in [-0.4, -0.2) is 47.7 Å². The molecule has 0 spiro atoms. The van der Waals surface area contributed by atoms with Crippen LogP contribution in [0.2, 0.25) is 0 Å². The van der Waals surface area contributed by atoms with Gasteiger partial charge in [-0.25, -0.2) is 9.18 Å². The molecule has 0 radical (unpaired) electrons. The van der Waals surface area contributed by atoms with Gasteiger partial charge in [-0.1, -0.05) is 18.2 Å². The molecule has 1 aliphatic rings. The summed E-state index contributed by atoms with van der Waals surface area (Å²) in [4.78, 5) is 16.1. The van der Waals surface area contributed by atoms with Gasteiger partial charge in [-0.15, -0.1) is 0 Å². The van der Waals surface area contributed by atoms with Crippen molar-refractivity contribution in [1.29, 1.82) is 0 Å². The zero-order chi connectivity index (χ0) is 17.3. The summed E-state index contributed by atoms with van der Waals surface area (Å²) in [6.07, 6.45) is -0.277. The Morgan fingerprint density at radius 2 is 1.61 bits per heavy atom. The van der Waals surface area contributed by atoms with Crippen molar-refractivity contribution in [2.24, 2.45) is 0 Å². The molecule has 1 amide bonds. The first-order valence-corrected chi connectivity index (χ1v) is 8.09. The van der Waals surface area contributed by atoms with Gasteiger partial charge >= 0.3 is 6.09 Å². The molecule has 0 N–H and O–H groups in total. The lowest BCUT2D eigenvalue weighted by Gasteiger charge is -2.44. The maximum atomic E-state index is 14.1. The van der Waals surface area contributed by atoms with Crippen LogP contribution < -0.4 is 0 Å². The number of carbonyl (C=O) groups is 1. The third-order valence-corrected chi connectivity index (χ3v) is 4.25. The largest absolute Gasteiger partial charge is 0.444 e. The minimum absolute atomic E-state index is 0.188. The Kier molecular flexibility index (Phi) is 4.99. The summed E-state index contributed by atoms with van der Waals surface area (Å²) in [5, 5.41) is 0. The molecule has 1 aliphatic heterocycles. The van der Waals surface area contributed by atoms with Gasteiger partial charge in [0.05, 0.1) is 0 Å². The Morgan fingerprint density at radius 1 is 1.04 bits per heavy atom. The van der Waals surface area contributed by atoms with Crippen LogP contribution in [0.15, 0.2) is 24.3 Å². The fourth-order valence-corrected chi connectivity index (χ4v) is 2.90. The summed E-state index contributed by atoms with van der Waals surface area (Å²) in [7, 11) is 0. The highest BCUT2D eigenvalue weighted by molar-refractivity contribution is 5.68. The van der Waals surface area contributed by atoms with E-state index in [4.69, 9.17) is 4.74 Å². The molecule has 0 atom stereocenters. The summed E-state index contributed by atoms with van der Waals surface area (Å²) >= 11 is 0. The molecule has 1 saturated heterocycles. The quantitative estimate of drug-likeness (QED) is 0.834. The van der Waals surface area contributed by atoms with E-state index in [1.807, 2.05) is 46.8 Å². The molecular weight excluding hydrogens is 295 g/mol. The van der Waals surface area contributed by atoms with Crippen molar-refractivity contribution >= 4 is 6.09 Å². The number of piperazine rings is 1. The first-order valence-electron chi connectivity index (χ1n) is 8.09. The molecular formula is C18H27FN2O2. The fraction of sp³-hybridized carbons (Fsp3) is 0.611. The average Bonchev–Trinajstić information content (AvgIpc) is 2.46. The molecule has 4 nitrogen and oxygen atoms in total. The maximum absolute atomic E-state index is 14.1. The van der Waals surface area contributed by atoms with Gasteiger partial charge in [0, 0.05) is 37.3 Å². The average molecular weight is 322 g/mol. The molecule has 23 heavy (non-hydrogen) atoms. The summed E-state index contributed by atoms with van der Waals surface area (Å²) < 4.78 is 19.5. The molecule has 1 heterocycles. The zero-order valence-corrected chi connectivity index (χ0v) is 14.7. The second-order valence-electron chi connectivity index (χ2n) is 7.49. The predicted molar refractivity (Wildman–Crippen MR) is 88.8 cm³/mol. The van der Waals surface area contributed by atoms with Gasteiger partial charge in [-0.05, 0) is 40.7 Å². The van der Waals surface area contributed by atoms with E-state index in [9.17, 15) is 9.18 Å². The monoisotopic (exact) mass is 322 g/mol. The minimum Gasteiger partial charge on any atom is -0.444 e. The van der Waals surface area contributed by atoms with E-state index in [0.29, 0.717) is 31.7 Å². The van der Waals surface area contributed by atoms with E-state index < -0.39 is 11.1 Å². The number of hydrogen-bond acceptors (Lipinski definition) is 3. The van der Waals surface area contributed by atoms with Crippen molar-refractivity contribution in [2.45, 2.75) is 45.8 Å². The standard InChI is InChI=1S/C18H27FN2O2/c1-17(2,3)23-16(22)20-10-12-21(13-11-20)18(4,5)14-8-6-7-9-15(14)19/h6-9H,10-13H2,1-5H3. The molecule has 0 bridgehead atoms. The summed E-state index contributed by atoms with van der Waals surface area (Å²) in [5.74, 6) is -0.188. The van der Waals surface area contributed by atoms with Crippen LogP contribution in [0.3, 0.4) is 0 Å². The van der Waals surface area contributed by atoms with Crippen molar-refractivity contribution in [1.82, 2.24) is 9.80 Å². The Morgan fingerprint density at radius 3 is 2.13 bits per heavy atom. The smallest absolute Gasteiger partial charge is 0.410 e. The molecule has 1 aromatic carbocycles. The highest BCUT2D eigenvalue weighted by Gasteiger charge is 2.35. The zero-order valence-electron chi connectivity index (χ0n) is 14.7. The normalized spacial score (nSPS) is 17.2. The van der Waals surface area contributed by atoms with Crippen LogP contribution in [0.4, 0.5) is 9.18 Å². The summed E-state index contributed by atoms with van der Waals surface area (Å²) in [5.41, 5.74) is -0.211. The highest BCUT2D eigenvalue weighted by atomic mass is 19.1. The first kappa shape index (κ1) is 17.7. The third-order valence-electron chi connectivity index (χ3n) is 4.25. The molecule has 0 saturated carbocycles. The van der Waals surface area contributed by atoms with Crippen molar-refractivity contribution < 1.29 is 13.9 Å². The van der Waals surface area contributed by atoms with Gasteiger partial charge in [0.1, 0.15) is 11.4 Å². The molecule has 2 rings (SSSR count). The number of nitrogens with zero attached hydrogens (tertiary/aromatic N) is 2. The summed E-state index contributed by atoms with van der Waals surface area (Å²) in [6, 6.07) is 6.88. The fourth-order valence-electron chi connectivity index (χ4n) is 2.90. The van der Waals surface area contributed by atoms with Crippen molar-refractivity contribution in [3.05, 3.63) is 35.6 Å². The van der Waals surface area contributed by atoms with Crippen LogP contribution in [0.1, 0.15) is 40.2 Å². The molecule has 5 heteroatoms. The van der Waals surface area contributed by atoms with Gasteiger partial charge in [0.15, 0.2) is 0 Å². The van der Waals surface area contributed by atoms with Gasteiger partial charge < -0.3 is 9.64 Å². The maximum Gasteiger partial charge on any atom is 0.410 e. The number of halogens is 1. The van der Waals surface area contributed by atoms with E-state index in [-0.39, 0.29) is 11.9 Å². The number of rotatable bonds is 2. The topological polar surface area (TPSA) is 32.8 Å². The lowest BCUT2D eigenvalue weighted by molar-refractivity contribution is 0.000773. The lowest BCUT2D eigenvalue weighted by Crippen LogP contribution is -2.55. The van der Waals surface area contributed by atoms with Gasteiger partial charge in [0.2, 0.25) is 0 Å². The van der Waals surface area contributed by atoms with E-state index in [2.05, 4.69) is 4.90 Å². The Hall–Kier alpha value is -1.62. The number of amides is 1. The van der Waals surface area contributed by atoms with Crippen molar-refractivity contribution in [3.63, 3.8) is 0 Å². The van der Waals surface area contributed by atoms with Crippen molar-refractivity contribution in [2.75, 3.05) is 26.2 Å². The Balaban J connectivity index is 2.01. The van der Waals surface area contributed by atoms with E-state index in [0.717, 1.165) is 0 Å². The molecule has 1 aromatic rings. The van der Waals surface area contributed by atoms with Crippen LogP contribution in [0.5, 0.6) is 0 Å². The Bertz CT molecular complexity index is 558. The molecule has 0 aromatic heterocycles. The molecule has 128 valence electrons. The number of ether oxygens (including phenoxy) is 1. The second-order valence-corrected chi connectivity index (χ2v) is 7.49. The first-order chi connectivity index (χ1) is 10.6. The molecule has 0 aliphatic carbocycles. The third kappa shape index (κ3) is 4.22. The van der Waals surface area contributed by atoms with E-state index in [1.54, 1.807) is 11.0 Å². The number of carbonyl (C=O) groups excluding carboxylic acids is 1. The number of benzene rings is 1. The molecule has 0 unspecified atom stereocenters. The highest BCUT2D eigenvalue weighted by Crippen LogP contribution is 2.30.